The van der Waals surface area contributed by atoms with Crippen LogP contribution in [0.4, 0.5) is 4.39 Å². The molecule has 0 aromatic heterocycles. The zero-order valence-electron chi connectivity index (χ0n) is 17.5. The van der Waals surface area contributed by atoms with E-state index in [1.165, 1.54) is 36.5 Å². The van der Waals surface area contributed by atoms with Gasteiger partial charge in [-0.15, -0.1) is 0 Å². The highest BCUT2D eigenvalue weighted by Crippen LogP contribution is 2.24. The van der Waals surface area contributed by atoms with E-state index in [0.717, 1.165) is 30.4 Å². The Balaban J connectivity index is 1.70. The zero-order chi connectivity index (χ0) is 20.5. The van der Waals surface area contributed by atoms with Gasteiger partial charge in [0.25, 0.3) is 0 Å². The average molecular weight is 385 g/mol. The van der Waals surface area contributed by atoms with Gasteiger partial charge in [-0.3, -0.25) is 0 Å². The Labute approximate surface area is 174 Å². The third-order valence-electron chi connectivity index (χ3n) is 5.15. The van der Waals surface area contributed by atoms with Crippen molar-refractivity contribution in [1.29, 1.82) is 0 Å². The quantitative estimate of drug-likeness (QED) is 0.291. The lowest BCUT2D eigenvalue weighted by molar-refractivity contribution is 0.631. The van der Waals surface area contributed by atoms with Gasteiger partial charge in [-0.1, -0.05) is 87.4 Å². The summed E-state index contributed by atoms with van der Waals surface area (Å²) in [7, 11) is 0. The summed E-state index contributed by atoms with van der Waals surface area (Å²) in [4.78, 5) is 0. The van der Waals surface area contributed by atoms with Crippen molar-refractivity contribution in [3.8, 4) is 23.0 Å². The lowest BCUT2D eigenvalue weighted by Gasteiger charge is -2.06. The van der Waals surface area contributed by atoms with Gasteiger partial charge in [0.15, 0.2) is 0 Å². The fourth-order valence-electron chi connectivity index (χ4n) is 3.44. The van der Waals surface area contributed by atoms with E-state index >= 15 is 0 Å². The minimum absolute atomic E-state index is 0.228. The van der Waals surface area contributed by atoms with Gasteiger partial charge < -0.3 is 0 Å². The second-order valence-electron chi connectivity index (χ2n) is 7.55. The van der Waals surface area contributed by atoms with Crippen molar-refractivity contribution in [1.82, 2.24) is 0 Å². The molecule has 0 atom stereocenters. The van der Waals surface area contributed by atoms with E-state index in [9.17, 15) is 4.39 Å². The number of aryl methyl sites for hydroxylation is 2. The van der Waals surface area contributed by atoms with Crippen molar-refractivity contribution in [3.63, 3.8) is 0 Å². The molecule has 3 aromatic rings. The summed E-state index contributed by atoms with van der Waals surface area (Å²) in [5.41, 5.74) is 5.82. The molecular weight excluding hydrogens is 355 g/mol. The molecule has 0 spiro atoms. The van der Waals surface area contributed by atoms with E-state index in [4.69, 9.17) is 0 Å². The molecule has 1 heteroatoms. The highest BCUT2D eigenvalue weighted by molar-refractivity contribution is 5.65. The Morgan fingerprint density at radius 1 is 0.655 bits per heavy atom. The maximum absolute atomic E-state index is 14.7. The van der Waals surface area contributed by atoms with Crippen molar-refractivity contribution in [2.45, 2.75) is 52.4 Å². The molecule has 29 heavy (non-hydrogen) atoms. The normalized spacial score (nSPS) is 10.4. The van der Waals surface area contributed by atoms with Crippen LogP contribution in [-0.4, -0.2) is 0 Å². The van der Waals surface area contributed by atoms with Gasteiger partial charge in [0, 0.05) is 16.7 Å². The highest BCUT2D eigenvalue weighted by atomic mass is 19.1. The smallest absolute Gasteiger partial charge is 0.132 e. The van der Waals surface area contributed by atoms with Gasteiger partial charge in [-0.25, -0.2) is 4.39 Å². The van der Waals surface area contributed by atoms with E-state index < -0.39 is 0 Å². The molecule has 0 aliphatic heterocycles. The minimum Gasteiger partial charge on any atom is -0.206 e. The molecule has 0 saturated heterocycles. The minimum atomic E-state index is -0.228. The van der Waals surface area contributed by atoms with Crippen molar-refractivity contribution < 1.29 is 4.39 Å². The summed E-state index contributed by atoms with van der Waals surface area (Å²) in [5.74, 6) is 5.98. The molecule has 0 radical (unpaired) electrons. The average Bonchev–Trinajstić information content (AvgIpc) is 2.74. The van der Waals surface area contributed by atoms with E-state index in [1.807, 2.05) is 36.4 Å². The van der Waals surface area contributed by atoms with Crippen LogP contribution in [0, 0.1) is 17.7 Å². The fourth-order valence-corrected chi connectivity index (χ4v) is 3.44. The number of unbranched alkanes of at least 4 members (excludes halogenated alkanes) is 2. The first-order valence-electron chi connectivity index (χ1n) is 10.7. The van der Waals surface area contributed by atoms with Gasteiger partial charge in [0.2, 0.25) is 0 Å². The maximum Gasteiger partial charge on any atom is 0.132 e. The molecule has 0 saturated carbocycles. The van der Waals surface area contributed by atoms with Gasteiger partial charge in [-0.05, 0) is 60.2 Å². The van der Waals surface area contributed by atoms with Crippen molar-refractivity contribution in [2.75, 3.05) is 0 Å². The highest BCUT2D eigenvalue weighted by Gasteiger charge is 2.06. The predicted octanol–water partition coefficient (Wildman–Crippen LogP) is 7.58. The van der Waals surface area contributed by atoms with Gasteiger partial charge in [0.05, 0.1) is 0 Å². The van der Waals surface area contributed by atoms with Crippen LogP contribution in [0.25, 0.3) is 11.1 Å². The lowest BCUT2D eigenvalue weighted by atomic mass is 10.00. The number of halogens is 1. The summed E-state index contributed by atoms with van der Waals surface area (Å²) in [6, 6.07) is 21.8. The zero-order valence-corrected chi connectivity index (χ0v) is 17.5. The first-order valence-corrected chi connectivity index (χ1v) is 10.7. The predicted molar refractivity (Wildman–Crippen MR) is 121 cm³/mol. The molecule has 148 valence electrons. The second-order valence-corrected chi connectivity index (χ2v) is 7.55. The third-order valence-corrected chi connectivity index (χ3v) is 5.15. The van der Waals surface area contributed by atoms with Gasteiger partial charge in [0.1, 0.15) is 5.82 Å². The molecule has 3 rings (SSSR count). The lowest BCUT2D eigenvalue weighted by Crippen LogP contribution is -1.89. The fraction of sp³-hybridized carbons (Fsp3) is 0.286. The van der Waals surface area contributed by atoms with Gasteiger partial charge in [-0.2, -0.15) is 0 Å². The number of hydrogen-bond acceptors (Lipinski definition) is 0. The van der Waals surface area contributed by atoms with Crippen LogP contribution in [0.1, 0.15) is 61.8 Å². The molecule has 0 fully saturated rings. The summed E-state index contributed by atoms with van der Waals surface area (Å²) in [6.45, 7) is 4.39. The van der Waals surface area contributed by atoms with E-state index in [-0.39, 0.29) is 5.82 Å². The third kappa shape index (κ3) is 6.06. The first-order chi connectivity index (χ1) is 14.2. The Kier molecular flexibility index (Phi) is 7.65. The van der Waals surface area contributed by atoms with E-state index in [0.29, 0.717) is 11.1 Å². The summed E-state index contributed by atoms with van der Waals surface area (Å²) in [5, 5.41) is 0. The van der Waals surface area contributed by atoms with Crippen molar-refractivity contribution in [3.05, 3.63) is 94.8 Å². The molecule has 0 nitrogen and oxygen atoms in total. The summed E-state index contributed by atoms with van der Waals surface area (Å²) in [6.07, 6.45) is 6.99. The topological polar surface area (TPSA) is 0 Å². The van der Waals surface area contributed by atoms with Crippen molar-refractivity contribution >= 4 is 0 Å². The molecule has 0 amide bonds. The largest absolute Gasteiger partial charge is 0.206 e. The molecule has 0 N–H and O–H groups in total. The Hall–Kier alpha value is -2.85. The Bertz CT molecular complexity index is 970. The van der Waals surface area contributed by atoms with Crippen LogP contribution in [-0.2, 0) is 12.8 Å². The molecule has 0 unspecified atom stereocenters. The van der Waals surface area contributed by atoms with Crippen LogP contribution in [0.3, 0.4) is 0 Å². The summed E-state index contributed by atoms with van der Waals surface area (Å²) < 4.78 is 14.7. The van der Waals surface area contributed by atoms with Gasteiger partial charge >= 0.3 is 0 Å². The van der Waals surface area contributed by atoms with Crippen LogP contribution in [0.2, 0.25) is 0 Å². The van der Waals surface area contributed by atoms with Crippen LogP contribution >= 0.6 is 0 Å². The van der Waals surface area contributed by atoms with Crippen molar-refractivity contribution in [2.24, 2.45) is 0 Å². The van der Waals surface area contributed by atoms with Crippen LogP contribution in [0.5, 0.6) is 0 Å². The number of rotatable bonds is 7. The molecule has 0 bridgehead atoms. The summed E-state index contributed by atoms with van der Waals surface area (Å²) >= 11 is 0. The number of benzene rings is 3. The van der Waals surface area contributed by atoms with Crippen LogP contribution < -0.4 is 0 Å². The monoisotopic (exact) mass is 384 g/mol. The van der Waals surface area contributed by atoms with E-state index in [2.05, 4.69) is 50.0 Å². The molecule has 3 aromatic carbocycles. The first kappa shape index (κ1) is 20.9. The SMILES string of the molecule is CCCCCc1ccc(-c2ccc(C#Cc3ccc(CCC)cc3)cc2F)cc1. The van der Waals surface area contributed by atoms with E-state index in [1.54, 1.807) is 0 Å². The van der Waals surface area contributed by atoms with Crippen LogP contribution in [0.15, 0.2) is 66.7 Å². The maximum atomic E-state index is 14.7. The molecular formula is C28H29F. The Morgan fingerprint density at radius 3 is 1.93 bits per heavy atom. The molecule has 0 heterocycles. The standard InChI is InChI=1S/C28H29F/c1-3-5-6-8-23-15-18-26(19-16-23)27-20-17-25(21-28(27)29)14-13-24-11-9-22(7-4-2)10-12-24/h9-12,15-21H,3-8H2,1-2H3. The second kappa shape index (κ2) is 10.6. The molecule has 0 aliphatic carbocycles. The number of hydrogen-bond donors (Lipinski definition) is 0. The molecule has 0 aliphatic rings. The Morgan fingerprint density at radius 2 is 1.28 bits per heavy atom.